The summed E-state index contributed by atoms with van der Waals surface area (Å²) in [7, 11) is 0. The van der Waals surface area contributed by atoms with Crippen molar-refractivity contribution in [3.63, 3.8) is 0 Å². The Morgan fingerprint density at radius 2 is 1.81 bits per heavy atom. The molecule has 4 nitrogen and oxygen atoms in total. The fraction of sp³-hybridized carbons (Fsp3) is 0.0476. The molecule has 0 aliphatic carbocycles. The van der Waals surface area contributed by atoms with E-state index in [1.165, 1.54) is 0 Å². The molecule has 0 unspecified atom stereocenters. The number of hydrogen-bond acceptors (Lipinski definition) is 4. The molecule has 0 aromatic heterocycles. The van der Waals surface area contributed by atoms with E-state index in [9.17, 15) is 0 Å². The fourth-order valence-corrected chi connectivity index (χ4v) is 2.83. The molecule has 5 heteroatoms. The van der Waals surface area contributed by atoms with Crippen LogP contribution in [0.15, 0.2) is 82.4 Å². The summed E-state index contributed by atoms with van der Waals surface area (Å²) in [6, 6.07) is 25.1. The SMILES string of the molecule is N#Cc1ccccc1COc1ccc(/C=N\Nc2ccccc2)cc1Br. The van der Waals surface area contributed by atoms with E-state index in [2.05, 4.69) is 32.5 Å². The maximum atomic E-state index is 9.14. The first-order valence-electron chi connectivity index (χ1n) is 8.01. The molecule has 0 radical (unpaired) electrons. The standard InChI is InChI=1S/C21H16BrN3O/c22-20-12-16(14-24-25-19-8-2-1-3-9-19)10-11-21(20)26-15-18-7-5-4-6-17(18)13-23/h1-12,14,25H,15H2/b24-14-. The Morgan fingerprint density at radius 1 is 1.04 bits per heavy atom. The van der Waals surface area contributed by atoms with Gasteiger partial charge in [0.2, 0.25) is 0 Å². The van der Waals surface area contributed by atoms with Gasteiger partial charge < -0.3 is 4.74 Å². The molecule has 0 aliphatic rings. The van der Waals surface area contributed by atoms with E-state index < -0.39 is 0 Å². The van der Waals surface area contributed by atoms with E-state index in [4.69, 9.17) is 10.00 Å². The van der Waals surface area contributed by atoms with E-state index in [0.717, 1.165) is 21.3 Å². The molecule has 0 fully saturated rings. The van der Waals surface area contributed by atoms with Gasteiger partial charge in [0.1, 0.15) is 12.4 Å². The van der Waals surface area contributed by atoms with E-state index in [1.54, 1.807) is 12.3 Å². The van der Waals surface area contributed by atoms with Gasteiger partial charge in [0.05, 0.1) is 28.0 Å². The number of hydrogen-bond donors (Lipinski definition) is 1. The summed E-state index contributed by atoms with van der Waals surface area (Å²) in [5.41, 5.74) is 6.33. The van der Waals surface area contributed by atoms with Gasteiger partial charge in [0.15, 0.2) is 0 Å². The lowest BCUT2D eigenvalue weighted by Gasteiger charge is -2.10. The van der Waals surface area contributed by atoms with Crippen molar-refractivity contribution >= 4 is 27.8 Å². The lowest BCUT2D eigenvalue weighted by Crippen LogP contribution is -1.99. The summed E-state index contributed by atoms with van der Waals surface area (Å²) in [6.45, 7) is 0.339. The molecule has 3 rings (SSSR count). The molecule has 3 aromatic rings. The molecule has 0 saturated heterocycles. The predicted molar refractivity (Wildman–Crippen MR) is 107 cm³/mol. The molecule has 128 valence electrons. The number of nitriles is 1. The number of nitrogens with zero attached hydrogens (tertiary/aromatic N) is 2. The number of benzene rings is 3. The second-order valence-electron chi connectivity index (χ2n) is 5.48. The molecular formula is C21H16BrN3O. The Balaban J connectivity index is 1.63. The van der Waals surface area contributed by atoms with Crippen LogP contribution in [-0.2, 0) is 6.61 Å². The Bertz CT molecular complexity index is 949. The summed E-state index contributed by atoms with van der Waals surface area (Å²) in [5.74, 6) is 0.714. The van der Waals surface area contributed by atoms with Gasteiger partial charge in [-0.05, 0) is 57.9 Å². The van der Waals surface area contributed by atoms with Gasteiger partial charge in [-0.3, -0.25) is 5.43 Å². The van der Waals surface area contributed by atoms with Crippen LogP contribution in [0.2, 0.25) is 0 Å². The largest absolute Gasteiger partial charge is 0.488 e. The number of nitrogens with one attached hydrogen (secondary N) is 1. The van der Waals surface area contributed by atoms with Crippen molar-refractivity contribution in [1.29, 1.82) is 5.26 Å². The second kappa shape index (κ2) is 8.84. The Labute approximate surface area is 160 Å². The molecule has 0 spiro atoms. The van der Waals surface area contributed by atoms with Gasteiger partial charge >= 0.3 is 0 Å². The van der Waals surface area contributed by atoms with Crippen LogP contribution in [0.5, 0.6) is 5.75 Å². The third kappa shape index (κ3) is 4.71. The molecule has 0 atom stereocenters. The van der Waals surface area contributed by atoms with Crippen LogP contribution in [-0.4, -0.2) is 6.21 Å². The number of ether oxygens (including phenoxy) is 1. The maximum Gasteiger partial charge on any atom is 0.134 e. The zero-order chi connectivity index (χ0) is 18.2. The minimum atomic E-state index is 0.339. The topological polar surface area (TPSA) is 57.4 Å². The lowest BCUT2D eigenvalue weighted by molar-refractivity contribution is 0.304. The van der Waals surface area contributed by atoms with Crippen molar-refractivity contribution < 1.29 is 4.74 Å². The van der Waals surface area contributed by atoms with Gasteiger partial charge in [0, 0.05) is 5.56 Å². The van der Waals surface area contributed by atoms with E-state index >= 15 is 0 Å². The van der Waals surface area contributed by atoms with Crippen molar-refractivity contribution in [2.45, 2.75) is 6.61 Å². The van der Waals surface area contributed by atoms with Gasteiger partial charge in [-0.2, -0.15) is 10.4 Å². The smallest absolute Gasteiger partial charge is 0.134 e. The number of hydrazone groups is 1. The third-order valence-electron chi connectivity index (χ3n) is 3.66. The molecule has 0 heterocycles. The van der Waals surface area contributed by atoms with Gasteiger partial charge in [-0.25, -0.2) is 0 Å². The first-order chi connectivity index (χ1) is 12.8. The lowest BCUT2D eigenvalue weighted by atomic mass is 10.1. The normalized spacial score (nSPS) is 10.5. The van der Waals surface area contributed by atoms with Crippen LogP contribution in [0, 0.1) is 11.3 Å². The summed E-state index contributed by atoms with van der Waals surface area (Å²) in [4.78, 5) is 0. The van der Waals surface area contributed by atoms with Gasteiger partial charge in [-0.1, -0.05) is 36.4 Å². The maximum absolute atomic E-state index is 9.14. The first kappa shape index (κ1) is 17.7. The first-order valence-corrected chi connectivity index (χ1v) is 8.80. The van der Waals surface area contributed by atoms with Crippen LogP contribution in [0.4, 0.5) is 5.69 Å². The average Bonchev–Trinajstić information content (AvgIpc) is 2.68. The fourth-order valence-electron chi connectivity index (χ4n) is 2.32. The van der Waals surface area contributed by atoms with Crippen LogP contribution >= 0.6 is 15.9 Å². The quantitative estimate of drug-likeness (QED) is 0.444. The summed E-state index contributed by atoms with van der Waals surface area (Å²) in [6.07, 6.45) is 1.74. The Kier molecular flexibility index (Phi) is 6.02. The number of rotatable bonds is 6. The van der Waals surface area contributed by atoms with E-state index in [1.807, 2.05) is 66.7 Å². The molecule has 26 heavy (non-hydrogen) atoms. The monoisotopic (exact) mass is 405 g/mol. The minimum absolute atomic E-state index is 0.339. The molecule has 0 aliphatic heterocycles. The highest BCUT2D eigenvalue weighted by Gasteiger charge is 2.05. The van der Waals surface area contributed by atoms with Gasteiger partial charge in [0.25, 0.3) is 0 Å². The number of para-hydroxylation sites is 1. The van der Waals surface area contributed by atoms with Crippen LogP contribution < -0.4 is 10.2 Å². The zero-order valence-corrected chi connectivity index (χ0v) is 15.5. The van der Waals surface area contributed by atoms with E-state index in [-0.39, 0.29) is 0 Å². The van der Waals surface area contributed by atoms with Crippen molar-refractivity contribution in [2.24, 2.45) is 5.10 Å². The minimum Gasteiger partial charge on any atom is -0.488 e. The Hall–Kier alpha value is -3.10. The van der Waals surface area contributed by atoms with Crippen molar-refractivity contribution in [3.05, 3.63) is 94.0 Å². The molecule has 0 saturated carbocycles. The van der Waals surface area contributed by atoms with Crippen molar-refractivity contribution in [3.8, 4) is 11.8 Å². The molecule has 1 N–H and O–H groups in total. The van der Waals surface area contributed by atoms with E-state index in [0.29, 0.717) is 17.9 Å². The number of anilines is 1. The highest BCUT2D eigenvalue weighted by molar-refractivity contribution is 9.10. The summed E-state index contributed by atoms with van der Waals surface area (Å²) >= 11 is 3.52. The average molecular weight is 406 g/mol. The van der Waals surface area contributed by atoms with Crippen LogP contribution in [0.3, 0.4) is 0 Å². The molecule has 0 bridgehead atoms. The van der Waals surface area contributed by atoms with Crippen molar-refractivity contribution in [1.82, 2.24) is 0 Å². The van der Waals surface area contributed by atoms with Crippen LogP contribution in [0.25, 0.3) is 0 Å². The van der Waals surface area contributed by atoms with Crippen molar-refractivity contribution in [2.75, 3.05) is 5.43 Å². The predicted octanol–water partition coefficient (Wildman–Crippen LogP) is 5.35. The molecular weight excluding hydrogens is 390 g/mol. The third-order valence-corrected chi connectivity index (χ3v) is 4.28. The summed E-state index contributed by atoms with van der Waals surface area (Å²) < 4.78 is 6.67. The molecule has 3 aromatic carbocycles. The molecule has 0 amide bonds. The van der Waals surface area contributed by atoms with Crippen LogP contribution in [0.1, 0.15) is 16.7 Å². The van der Waals surface area contributed by atoms with Gasteiger partial charge in [-0.15, -0.1) is 0 Å². The second-order valence-corrected chi connectivity index (χ2v) is 6.34. The zero-order valence-electron chi connectivity index (χ0n) is 13.9. The Morgan fingerprint density at radius 3 is 2.58 bits per heavy atom. The highest BCUT2D eigenvalue weighted by atomic mass is 79.9. The number of halogens is 1. The highest BCUT2D eigenvalue weighted by Crippen LogP contribution is 2.26. The summed E-state index contributed by atoms with van der Waals surface area (Å²) in [5, 5.41) is 13.4.